The number of hydrogen-bond donors (Lipinski definition) is 4. The van der Waals surface area contributed by atoms with Gasteiger partial charge in [-0.1, -0.05) is 46.3 Å². The van der Waals surface area contributed by atoms with Gasteiger partial charge in [-0.15, -0.1) is 0 Å². The molecule has 0 bridgehead atoms. The van der Waals surface area contributed by atoms with Crippen molar-refractivity contribution >= 4 is 17.8 Å². The highest BCUT2D eigenvalue weighted by molar-refractivity contribution is 5.86. The summed E-state index contributed by atoms with van der Waals surface area (Å²) in [6.45, 7) is 8.15. The first-order chi connectivity index (χ1) is 21.9. The van der Waals surface area contributed by atoms with Gasteiger partial charge < -0.3 is 30.0 Å². The van der Waals surface area contributed by atoms with Gasteiger partial charge in [0.15, 0.2) is 0 Å². The molecule has 11 heteroatoms. The van der Waals surface area contributed by atoms with Gasteiger partial charge in [0.05, 0.1) is 43.7 Å². The summed E-state index contributed by atoms with van der Waals surface area (Å²) in [7, 11) is 1.27. The fourth-order valence-corrected chi connectivity index (χ4v) is 7.22. The van der Waals surface area contributed by atoms with Crippen LogP contribution < -0.4 is 5.32 Å². The molecule has 3 rings (SSSR count). The molecule has 0 saturated heterocycles. The number of allylic oxidation sites excluding steroid dienone is 2. The van der Waals surface area contributed by atoms with Crippen molar-refractivity contribution in [2.45, 2.75) is 110 Å². The molecule has 0 aromatic carbocycles. The highest BCUT2D eigenvalue weighted by Crippen LogP contribution is 2.37. The number of amides is 1. The molecule has 0 radical (unpaired) electrons. The molecule has 10 atom stereocenters. The number of aromatic amines is 1. The Morgan fingerprint density at radius 1 is 1.15 bits per heavy atom. The molecule has 46 heavy (non-hydrogen) atoms. The minimum atomic E-state index is -0.919. The molecule has 1 fully saturated rings. The molecule has 11 nitrogen and oxygen atoms in total. The van der Waals surface area contributed by atoms with E-state index in [1.54, 1.807) is 24.4 Å². The first-order valence-corrected chi connectivity index (χ1v) is 16.6. The van der Waals surface area contributed by atoms with Crippen LogP contribution in [0, 0.1) is 46.8 Å². The largest absolute Gasteiger partial charge is 0.467 e. The van der Waals surface area contributed by atoms with Crippen LogP contribution in [0.5, 0.6) is 0 Å². The van der Waals surface area contributed by atoms with Crippen molar-refractivity contribution < 1.29 is 34.1 Å². The minimum Gasteiger partial charge on any atom is -0.467 e. The lowest BCUT2D eigenvalue weighted by atomic mass is 9.82. The number of aliphatic hydroxyl groups excluding tert-OH is 2. The van der Waals surface area contributed by atoms with Gasteiger partial charge in [0, 0.05) is 36.6 Å². The summed E-state index contributed by atoms with van der Waals surface area (Å²) in [6.07, 6.45) is 10.3. The predicted molar refractivity (Wildman–Crippen MR) is 172 cm³/mol. The number of carbonyl (C=O) groups is 3. The van der Waals surface area contributed by atoms with Gasteiger partial charge in [0.25, 0.3) is 0 Å². The number of esters is 2. The standard InChI is InChI=1S/C35H52N4O7/c1-21-13-22(2)15-24(4)33(42)25(18-36)9-6-7-12-31(46-32(41)17-30(40)23(3)14-21)27-10-8-11-28(27)34(43)39-29(35(44)45-5)16-26-19-37-20-38-26/h6-7,9,19-24,27-31,33,40,42H,8,10-17H2,1-5H3,(H,37,38)(H,39,43)/b7-6+,25-9-/t21-,22+,23-,24-,27+,28+,29+,30-,31-,33+/m0/s1. The number of rotatable bonds is 6. The lowest BCUT2D eigenvalue weighted by molar-refractivity contribution is -0.157. The molecule has 4 N–H and O–H groups in total. The summed E-state index contributed by atoms with van der Waals surface area (Å²) < 4.78 is 10.9. The maximum Gasteiger partial charge on any atom is 0.328 e. The van der Waals surface area contributed by atoms with Crippen LogP contribution in [0.1, 0.15) is 84.8 Å². The lowest BCUT2D eigenvalue weighted by Gasteiger charge is -2.29. The Kier molecular flexibility index (Phi) is 14.5. The van der Waals surface area contributed by atoms with Crippen molar-refractivity contribution in [3.05, 3.63) is 42.0 Å². The van der Waals surface area contributed by atoms with Gasteiger partial charge >= 0.3 is 11.9 Å². The van der Waals surface area contributed by atoms with E-state index in [1.165, 1.54) is 13.4 Å². The van der Waals surface area contributed by atoms with Crippen LogP contribution in [0.4, 0.5) is 0 Å². The zero-order chi connectivity index (χ0) is 33.8. The highest BCUT2D eigenvalue weighted by Gasteiger charge is 2.41. The van der Waals surface area contributed by atoms with Gasteiger partial charge in [-0.25, -0.2) is 9.78 Å². The molecule has 2 aliphatic rings. The number of ether oxygens (including phenoxy) is 2. The Morgan fingerprint density at radius 2 is 1.87 bits per heavy atom. The molecule has 1 saturated carbocycles. The first kappa shape index (κ1) is 37.0. The number of hydrogen-bond acceptors (Lipinski definition) is 9. The van der Waals surface area contributed by atoms with E-state index >= 15 is 0 Å². The maximum absolute atomic E-state index is 13.6. The summed E-state index contributed by atoms with van der Waals surface area (Å²) in [4.78, 5) is 46.3. The fraction of sp³-hybridized carbons (Fsp3) is 0.686. The van der Waals surface area contributed by atoms with E-state index in [9.17, 15) is 29.9 Å². The molecule has 2 heterocycles. The molecule has 1 aromatic heterocycles. The number of methoxy groups -OCH3 is 1. The quantitative estimate of drug-likeness (QED) is 0.333. The van der Waals surface area contributed by atoms with Crippen molar-refractivity contribution in [2.24, 2.45) is 35.5 Å². The number of aromatic nitrogens is 2. The molecular weight excluding hydrogens is 588 g/mol. The summed E-state index contributed by atoms with van der Waals surface area (Å²) in [5, 5.41) is 34.5. The van der Waals surface area contributed by atoms with Gasteiger partial charge in [0.1, 0.15) is 12.1 Å². The van der Waals surface area contributed by atoms with Crippen LogP contribution in [-0.4, -0.2) is 69.5 Å². The highest BCUT2D eigenvalue weighted by atomic mass is 16.5. The average Bonchev–Trinajstić information content (AvgIpc) is 3.71. The fourth-order valence-electron chi connectivity index (χ4n) is 7.22. The Labute approximate surface area is 272 Å². The van der Waals surface area contributed by atoms with Crippen molar-refractivity contribution in [1.82, 2.24) is 15.3 Å². The van der Waals surface area contributed by atoms with Crippen LogP contribution in [0.2, 0.25) is 0 Å². The van der Waals surface area contributed by atoms with Gasteiger partial charge in [-0.05, 0) is 61.9 Å². The third kappa shape index (κ3) is 10.8. The molecule has 1 amide bonds. The van der Waals surface area contributed by atoms with E-state index < -0.39 is 42.2 Å². The van der Waals surface area contributed by atoms with Crippen LogP contribution in [0.15, 0.2) is 36.3 Å². The van der Waals surface area contributed by atoms with Crippen LogP contribution >= 0.6 is 0 Å². The van der Waals surface area contributed by atoms with E-state index in [4.69, 9.17) is 9.47 Å². The maximum atomic E-state index is 13.6. The minimum absolute atomic E-state index is 0.114. The van der Waals surface area contributed by atoms with Crippen molar-refractivity contribution in [1.29, 1.82) is 5.26 Å². The Bertz CT molecular complexity index is 1240. The predicted octanol–water partition coefficient (Wildman–Crippen LogP) is 4.17. The summed E-state index contributed by atoms with van der Waals surface area (Å²) >= 11 is 0. The third-order valence-electron chi connectivity index (χ3n) is 9.60. The van der Waals surface area contributed by atoms with E-state index in [2.05, 4.69) is 35.2 Å². The lowest BCUT2D eigenvalue weighted by Crippen LogP contribution is -2.47. The summed E-state index contributed by atoms with van der Waals surface area (Å²) in [5.41, 5.74) is 0.933. The second-order valence-electron chi connectivity index (χ2n) is 13.6. The van der Waals surface area contributed by atoms with Gasteiger partial charge in [-0.3, -0.25) is 9.59 Å². The summed E-state index contributed by atoms with van der Waals surface area (Å²) in [6, 6.07) is 1.21. The van der Waals surface area contributed by atoms with Crippen LogP contribution in [-0.2, 0) is 30.3 Å². The number of H-pyrrole nitrogens is 1. The molecule has 0 unspecified atom stereocenters. The average molecular weight is 641 g/mol. The van der Waals surface area contributed by atoms with Crippen molar-refractivity contribution in [2.75, 3.05) is 7.11 Å². The SMILES string of the molecule is COC(=O)[C@@H](Cc1cnc[nH]1)NC(=O)[C@@H]1CCC[C@H]1[C@@H]1C/C=C/C=C(/C#N)[C@H](O)[C@@H](C)C[C@H](C)C[C@H](C)C[C@H](C)[C@@H](O)CC(=O)O1. The van der Waals surface area contributed by atoms with Crippen molar-refractivity contribution in [3.8, 4) is 6.07 Å². The van der Waals surface area contributed by atoms with E-state index in [1.807, 2.05) is 13.8 Å². The topological polar surface area (TPSA) is 175 Å². The zero-order valence-corrected chi connectivity index (χ0v) is 27.9. The summed E-state index contributed by atoms with van der Waals surface area (Å²) in [5.74, 6) is -1.91. The molecule has 1 aliphatic carbocycles. The Balaban J connectivity index is 1.85. The van der Waals surface area contributed by atoms with E-state index in [0.29, 0.717) is 30.4 Å². The molecule has 254 valence electrons. The Hall–Kier alpha value is -3.49. The number of nitrogens with one attached hydrogen (secondary N) is 2. The molecule has 1 aliphatic heterocycles. The zero-order valence-electron chi connectivity index (χ0n) is 27.9. The monoisotopic (exact) mass is 640 g/mol. The second kappa shape index (κ2) is 18.0. The van der Waals surface area contributed by atoms with E-state index in [-0.39, 0.29) is 48.5 Å². The number of imidazole rings is 1. The van der Waals surface area contributed by atoms with E-state index in [0.717, 1.165) is 25.7 Å². The molecule has 1 aromatic rings. The van der Waals surface area contributed by atoms with Crippen LogP contribution in [0.3, 0.4) is 0 Å². The number of nitriles is 1. The van der Waals surface area contributed by atoms with Crippen molar-refractivity contribution in [3.63, 3.8) is 0 Å². The second-order valence-corrected chi connectivity index (χ2v) is 13.6. The number of cyclic esters (lactones) is 1. The van der Waals surface area contributed by atoms with Gasteiger partial charge in [-0.2, -0.15) is 5.26 Å². The van der Waals surface area contributed by atoms with Gasteiger partial charge in [0.2, 0.25) is 5.91 Å². The molecule has 0 spiro atoms. The Morgan fingerprint density at radius 3 is 2.52 bits per heavy atom. The number of nitrogens with zero attached hydrogens (tertiary/aromatic N) is 2. The number of carbonyl (C=O) groups excluding carboxylic acids is 3. The first-order valence-electron chi connectivity index (χ1n) is 16.6. The normalized spacial score (nSPS) is 34.4. The number of aliphatic hydroxyl groups is 2. The molecular formula is C35H52N4O7. The smallest absolute Gasteiger partial charge is 0.328 e. The van der Waals surface area contributed by atoms with Crippen LogP contribution in [0.25, 0.3) is 0 Å². The third-order valence-corrected chi connectivity index (χ3v) is 9.60.